The summed E-state index contributed by atoms with van der Waals surface area (Å²) in [5.74, 6) is -0.472. The highest BCUT2D eigenvalue weighted by atomic mass is 35.5. The molecule has 1 unspecified atom stereocenters. The van der Waals surface area contributed by atoms with Crippen LogP contribution in [-0.4, -0.2) is 21.9 Å². The zero-order chi connectivity index (χ0) is 15.8. The van der Waals surface area contributed by atoms with Gasteiger partial charge in [-0.15, -0.1) is 0 Å². The van der Waals surface area contributed by atoms with Gasteiger partial charge in [-0.2, -0.15) is 0 Å². The molecule has 0 aliphatic heterocycles. The molecule has 6 nitrogen and oxygen atoms in total. The van der Waals surface area contributed by atoms with Crippen LogP contribution >= 0.6 is 11.6 Å². The lowest BCUT2D eigenvalue weighted by Gasteiger charge is -2.17. The van der Waals surface area contributed by atoms with Crippen LogP contribution in [0.1, 0.15) is 56.3 Å². The number of rotatable bonds is 8. The Labute approximate surface area is 129 Å². The number of amides is 1. The van der Waals surface area contributed by atoms with Gasteiger partial charge in [0, 0.05) is 12.2 Å². The topological polar surface area (TPSA) is 85.1 Å². The number of pyridine rings is 1. The third-order valence-electron chi connectivity index (χ3n) is 3.19. The summed E-state index contributed by atoms with van der Waals surface area (Å²) in [5.41, 5.74) is -0.486. The van der Waals surface area contributed by atoms with Crippen molar-refractivity contribution in [2.45, 2.75) is 52.0 Å². The van der Waals surface area contributed by atoms with Gasteiger partial charge in [0.1, 0.15) is 5.56 Å². The second-order valence-electron chi connectivity index (χ2n) is 4.86. The van der Waals surface area contributed by atoms with Crippen molar-refractivity contribution >= 4 is 23.2 Å². The van der Waals surface area contributed by atoms with Gasteiger partial charge in [-0.3, -0.25) is 14.9 Å². The van der Waals surface area contributed by atoms with Crippen LogP contribution in [0.3, 0.4) is 0 Å². The molecule has 1 aromatic rings. The molecular formula is C14H20ClN3O3. The van der Waals surface area contributed by atoms with Crippen LogP contribution in [0.2, 0.25) is 5.15 Å². The first-order valence-corrected chi connectivity index (χ1v) is 7.48. The van der Waals surface area contributed by atoms with Crippen molar-refractivity contribution in [3.8, 4) is 0 Å². The molecule has 0 saturated carbocycles. The molecular weight excluding hydrogens is 294 g/mol. The Balaban J connectivity index is 2.92. The van der Waals surface area contributed by atoms with E-state index in [2.05, 4.69) is 17.2 Å². The molecule has 116 valence electrons. The molecule has 0 aliphatic rings. The van der Waals surface area contributed by atoms with E-state index in [4.69, 9.17) is 11.6 Å². The van der Waals surface area contributed by atoms with Crippen molar-refractivity contribution in [2.24, 2.45) is 0 Å². The summed E-state index contributed by atoms with van der Waals surface area (Å²) in [6, 6.07) is 1.34. The molecule has 0 bridgehead atoms. The summed E-state index contributed by atoms with van der Waals surface area (Å²) >= 11 is 5.72. The van der Waals surface area contributed by atoms with Gasteiger partial charge in [0.15, 0.2) is 0 Å². The maximum Gasteiger partial charge on any atom is 0.319 e. The highest BCUT2D eigenvalue weighted by Gasteiger charge is 2.25. The molecule has 0 fully saturated rings. The van der Waals surface area contributed by atoms with E-state index in [1.807, 2.05) is 6.92 Å². The number of hydrogen-bond acceptors (Lipinski definition) is 4. The zero-order valence-electron chi connectivity index (χ0n) is 12.3. The number of carbonyl (C=O) groups excluding carboxylic acids is 1. The molecule has 21 heavy (non-hydrogen) atoms. The molecule has 0 radical (unpaired) electrons. The van der Waals surface area contributed by atoms with Crippen LogP contribution < -0.4 is 5.32 Å². The van der Waals surface area contributed by atoms with Gasteiger partial charge in [-0.05, 0) is 18.9 Å². The number of carbonyl (C=O) groups is 1. The highest BCUT2D eigenvalue weighted by Crippen LogP contribution is 2.26. The fourth-order valence-electron chi connectivity index (χ4n) is 2.14. The van der Waals surface area contributed by atoms with Crippen molar-refractivity contribution in [2.75, 3.05) is 0 Å². The number of unbranched alkanes of at least 4 members (excludes halogenated alkanes) is 1. The Hall–Kier alpha value is -1.69. The van der Waals surface area contributed by atoms with Crippen molar-refractivity contribution in [1.82, 2.24) is 10.3 Å². The third kappa shape index (κ3) is 4.97. The van der Waals surface area contributed by atoms with Crippen LogP contribution in [0.25, 0.3) is 0 Å². The first kappa shape index (κ1) is 17.4. The smallest absolute Gasteiger partial charge is 0.319 e. The molecule has 1 atom stereocenters. The van der Waals surface area contributed by atoms with Gasteiger partial charge < -0.3 is 5.32 Å². The Morgan fingerprint density at radius 2 is 2.14 bits per heavy atom. The number of halogens is 1. The summed E-state index contributed by atoms with van der Waals surface area (Å²) in [6.45, 7) is 4.12. The molecule has 0 spiro atoms. The minimum absolute atomic E-state index is 0.0222. The Morgan fingerprint density at radius 3 is 2.71 bits per heavy atom. The van der Waals surface area contributed by atoms with Crippen LogP contribution in [0.5, 0.6) is 0 Å². The van der Waals surface area contributed by atoms with E-state index >= 15 is 0 Å². The monoisotopic (exact) mass is 313 g/mol. The SMILES string of the molecule is CCCCC(CCC)NC(=O)c1ccnc(Cl)c1[N+](=O)[O-]. The molecule has 0 aliphatic carbocycles. The van der Waals surface area contributed by atoms with E-state index in [9.17, 15) is 14.9 Å². The van der Waals surface area contributed by atoms with E-state index in [0.717, 1.165) is 32.1 Å². The number of hydrogen-bond donors (Lipinski definition) is 1. The lowest BCUT2D eigenvalue weighted by molar-refractivity contribution is -0.385. The van der Waals surface area contributed by atoms with Gasteiger partial charge in [0.05, 0.1) is 4.92 Å². The maximum atomic E-state index is 12.3. The fourth-order valence-corrected chi connectivity index (χ4v) is 2.36. The largest absolute Gasteiger partial charge is 0.349 e. The first-order valence-electron chi connectivity index (χ1n) is 7.11. The van der Waals surface area contributed by atoms with Gasteiger partial charge in [-0.25, -0.2) is 4.98 Å². The molecule has 1 heterocycles. The third-order valence-corrected chi connectivity index (χ3v) is 3.46. The van der Waals surface area contributed by atoms with E-state index in [0.29, 0.717) is 0 Å². The summed E-state index contributed by atoms with van der Waals surface area (Å²) in [7, 11) is 0. The lowest BCUT2D eigenvalue weighted by atomic mass is 10.0. The summed E-state index contributed by atoms with van der Waals surface area (Å²) in [6.07, 6.45) is 5.99. The van der Waals surface area contributed by atoms with Crippen molar-refractivity contribution < 1.29 is 9.72 Å². The van der Waals surface area contributed by atoms with Gasteiger partial charge >= 0.3 is 5.69 Å². The standard InChI is InChI=1S/C14H20ClN3O3/c1-3-5-7-10(6-4-2)17-14(19)11-8-9-16-13(15)12(11)18(20)21/h8-10H,3-7H2,1-2H3,(H,17,19). The normalized spacial score (nSPS) is 12.0. The predicted molar refractivity (Wildman–Crippen MR) is 81.6 cm³/mol. The van der Waals surface area contributed by atoms with E-state index in [1.165, 1.54) is 12.3 Å². The predicted octanol–water partition coefficient (Wildman–Crippen LogP) is 3.73. The maximum absolute atomic E-state index is 12.3. The molecule has 1 N–H and O–H groups in total. The minimum atomic E-state index is -0.675. The van der Waals surface area contributed by atoms with Gasteiger partial charge in [0.25, 0.3) is 5.91 Å². The molecule has 0 saturated heterocycles. The highest BCUT2D eigenvalue weighted by molar-refractivity contribution is 6.32. The fraction of sp³-hybridized carbons (Fsp3) is 0.571. The summed E-state index contributed by atoms with van der Waals surface area (Å²) in [4.78, 5) is 26.3. The molecule has 1 aromatic heterocycles. The van der Waals surface area contributed by atoms with Gasteiger partial charge in [-0.1, -0.05) is 44.7 Å². The zero-order valence-corrected chi connectivity index (χ0v) is 13.0. The number of nitrogens with one attached hydrogen (secondary N) is 1. The minimum Gasteiger partial charge on any atom is -0.349 e. The van der Waals surface area contributed by atoms with Crippen molar-refractivity contribution in [3.63, 3.8) is 0 Å². The molecule has 1 amide bonds. The lowest BCUT2D eigenvalue weighted by Crippen LogP contribution is -2.35. The Kier molecular flexibility index (Phi) is 7.08. The average molecular weight is 314 g/mol. The van der Waals surface area contributed by atoms with Crippen LogP contribution in [-0.2, 0) is 0 Å². The molecule has 7 heteroatoms. The Morgan fingerprint density at radius 1 is 1.43 bits per heavy atom. The van der Waals surface area contributed by atoms with Crippen molar-refractivity contribution in [3.05, 3.63) is 33.1 Å². The number of nitrogens with zero attached hydrogens (tertiary/aromatic N) is 2. The summed E-state index contributed by atoms with van der Waals surface area (Å²) < 4.78 is 0. The first-order chi connectivity index (χ1) is 10.0. The second-order valence-corrected chi connectivity index (χ2v) is 5.21. The van der Waals surface area contributed by atoms with Crippen molar-refractivity contribution in [1.29, 1.82) is 0 Å². The van der Waals surface area contributed by atoms with E-state index < -0.39 is 16.5 Å². The number of aromatic nitrogens is 1. The van der Waals surface area contributed by atoms with E-state index in [1.54, 1.807) is 0 Å². The molecule has 0 aromatic carbocycles. The Bertz CT molecular complexity index is 508. The van der Waals surface area contributed by atoms with Crippen LogP contribution in [0, 0.1) is 10.1 Å². The second kappa shape index (κ2) is 8.56. The molecule has 1 rings (SSSR count). The average Bonchev–Trinajstić information content (AvgIpc) is 2.44. The quantitative estimate of drug-likeness (QED) is 0.450. The summed E-state index contributed by atoms with van der Waals surface area (Å²) in [5, 5.41) is 13.6. The van der Waals surface area contributed by atoms with E-state index in [-0.39, 0.29) is 16.8 Å². The van der Waals surface area contributed by atoms with Crippen LogP contribution in [0.15, 0.2) is 12.3 Å². The van der Waals surface area contributed by atoms with Crippen LogP contribution in [0.4, 0.5) is 5.69 Å². The number of nitro groups is 1. The van der Waals surface area contributed by atoms with Gasteiger partial charge in [0.2, 0.25) is 5.15 Å².